The van der Waals surface area contributed by atoms with E-state index in [0.29, 0.717) is 11.4 Å². The van der Waals surface area contributed by atoms with Gasteiger partial charge in [0.1, 0.15) is 5.69 Å². The predicted octanol–water partition coefficient (Wildman–Crippen LogP) is 0.897. The molecule has 0 aromatic heterocycles. The number of rotatable bonds is 2. The minimum atomic E-state index is -0.522. The lowest BCUT2D eigenvalue weighted by Gasteiger charge is -2.09. The van der Waals surface area contributed by atoms with Crippen molar-refractivity contribution in [3.8, 4) is 0 Å². The summed E-state index contributed by atoms with van der Waals surface area (Å²) >= 11 is 0. The number of hydrogen-bond donors (Lipinski definition) is 1. The van der Waals surface area contributed by atoms with Crippen molar-refractivity contribution in [3.05, 3.63) is 34.4 Å². The van der Waals surface area contributed by atoms with Crippen LogP contribution in [0.5, 0.6) is 0 Å². The molecular formula is C7H9N3O2. The highest BCUT2D eigenvalue weighted by Gasteiger charge is 2.12. The Morgan fingerprint density at radius 2 is 2.08 bits per heavy atom. The Kier molecular flexibility index (Phi) is 2.14. The Hall–Kier alpha value is -1.78. The lowest BCUT2D eigenvalue weighted by Crippen LogP contribution is -2.25. The number of anilines is 2. The molecule has 1 aromatic rings. The van der Waals surface area contributed by atoms with Gasteiger partial charge in [-0.05, 0) is 12.1 Å². The van der Waals surface area contributed by atoms with Crippen molar-refractivity contribution in [3.63, 3.8) is 0 Å². The number of hydrogen-bond acceptors (Lipinski definition) is 3. The Morgan fingerprint density at radius 1 is 1.50 bits per heavy atom. The first kappa shape index (κ1) is 8.32. The van der Waals surface area contributed by atoms with Crippen molar-refractivity contribution in [1.29, 1.82) is 0 Å². The van der Waals surface area contributed by atoms with Gasteiger partial charge in [-0.2, -0.15) is 0 Å². The van der Waals surface area contributed by atoms with Crippen LogP contribution in [0.4, 0.5) is 11.4 Å². The molecule has 1 aromatic carbocycles. The zero-order valence-electron chi connectivity index (χ0n) is 6.60. The first-order valence-electron chi connectivity index (χ1n) is 3.35. The van der Waals surface area contributed by atoms with Crippen molar-refractivity contribution in [2.45, 2.75) is 0 Å². The standard InChI is InChI=1S/C7H9N3O2/c1-9(10(11)12)7-5-3-2-4-6(7)8/h2-5H,8H2,1H3. The minimum absolute atomic E-state index is 0.400. The average Bonchev–Trinajstić information content (AvgIpc) is 2.04. The highest BCUT2D eigenvalue weighted by atomic mass is 16.7. The lowest BCUT2D eigenvalue weighted by molar-refractivity contribution is -0.490. The van der Waals surface area contributed by atoms with Gasteiger partial charge in [0.05, 0.1) is 12.7 Å². The summed E-state index contributed by atoms with van der Waals surface area (Å²) in [6, 6.07) is 6.64. The van der Waals surface area contributed by atoms with Crippen molar-refractivity contribution in [1.82, 2.24) is 0 Å². The topological polar surface area (TPSA) is 72.4 Å². The van der Waals surface area contributed by atoms with Crippen molar-refractivity contribution in [2.75, 3.05) is 17.8 Å². The molecule has 0 fully saturated rings. The van der Waals surface area contributed by atoms with E-state index in [1.165, 1.54) is 7.05 Å². The quantitative estimate of drug-likeness (QED) is 0.403. The number of nitro groups is 1. The molecule has 0 unspecified atom stereocenters. The maximum Gasteiger partial charge on any atom is 0.164 e. The SMILES string of the molecule is CN(c1ccccc1N)[N+](=O)[O-]. The van der Waals surface area contributed by atoms with Gasteiger partial charge in [-0.1, -0.05) is 17.1 Å². The van der Waals surface area contributed by atoms with Crippen molar-refractivity contribution in [2.24, 2.45) is 0 Å². The van der Waals surface area contributed by atoms with Crippen LogP contribution < -0.4 is 10.7 Å². The van der Waals surface area contributed by atoms with Crippen LogP contribution in [-0.2, 0) is 0 Å². The van der Waals surface area contributed by atoms with E-state index in [9.17, 15) is 10.1 Å². The fraction of sp³-hybridized carbons (Fsp3) is 0.143. The van der Waals surface area contributed by atoms with Crippen molar-refractivity contribution >= 4 is 11.4 Å². The van der Waals surface area contributed by atoms with Gasteiger partial charge in [0.25, 0.3) is 0 Å². The molecule has 0 atom stereocenters. The number of nitrogen functional groups attached to an aromatic ring is 1. The molecule has 5 heteroatoms. The molecule has 0 bridgehead atoms. The van der Waals surface area contributed by atoms with Gasteiger partial charge in [-0.3, -0.25) is 0 Å². The molecule has 12 heavy (non-hydrogen) atoms. The predicted molar refractivity (Wildman–Crippen MR) is 46.3 cm³/mol. The van der Waals surface area contributed by atoms with Crippen LogP contribution in [-0.4, -0.2) is 12.1 Å². The van der Waals surface area contributed by atoms with Gasteiger partial charge in [-0.15, -0.1) is 0 Å². The summed E-state index contributed by atoms with van der Waals surface area (Å²) in [5.74, 6) is 0. The van der Waals surface area contributed by atoms with Crippen LogP contribution in [0.25, 0.3) is 0 Å². The van der Waals surface area contributed by atoms with Crippen LogP contribution >= 0.6 is 0 Å². The Balaban J connectivity index is 3.02. The number of nitrogens with zero attached hydrogens (tertiary/aromatic N) is 2. The van der Waals surface area contributed by atoms with Gasteiger partial charge in [0, 0.05) is 0 Å². The molecule has 0 amide bonds. The Bertz CT molecular complexity index is 300. The molecule has 0 aliphatic heterocycles. The second kappa shape index (κ2) is 3.08. The second-order valence-corrected chi connectivity index (χ2v) is 2.32. The van der Waals surface area contributed by atoms with Gasteiger partial charge >= 0.3 is 0 Å². The lowest BCUT2D eigenvalue weighted by atomic mass is 10.3. The van der Waals surface area contributed by atoms with E-state index >= 15 is 0 Å². The third kappa shape index (κ3) is 1.45. The van der Waals surface area contributed by atoms with Crippen LogP contribution in [0.1, 0.15) is 0 Å². The van der Waals surface area contributed by atoms with Crippen LogP contribution in [0.15, 0.2) is 24.3 Å². The normalized spacial score (nSPS) is 9.42. The van der Waals surface area contributed by atoms with E-state index < -0.39 is 5.03 Å². The first-order chi connectivity index (χ1) is 5.63. The molecule has 0 radical (unpaired) electrons. The molecule has 0 aliphatic rings. The van der Waals surface area contributed by atoms with Gasteiger partial charge in [0.2, 0.25) is 0 Å². The number of para-hydroxylation sites is 2. The van der Waals surface area contributed by atoms with E-state index in [4.69, 9.17) is 5.73 Å². The fourth-order valence-corrected chi connectivity index (χ4v) is 0.870. The van der Waals surface area contributed by atoms with E-state index in [1.807, 2.05) is 0 Å². The smallest absolute Gasteiger partial charge is 0.164 e. The number of hydrazine groups is 1. The summed E-state index contributed by atoms with van der Waals surface area (Å²) in [6.07, 6.45) is 0. The minimum Gasteiger partial charge on any atom is -0.397 e. The number of nitrogens with two attached hydrogens (primary N) is 1. The van der Waals surface area contributed by atoms with Crippen molar-refractivity contribution < 1.29 is 5.03 Å². The Labute approximate surface area is 69.5 Å². The van der Waals surface area contributed by atoms with Gasteiger partial charge in [-0.25, -0.2) is 10.1 Å². The second-order valence-electron chi connectivity index (χ2n) is 2.32. The van der Waals surface area contributed by atoms with E-state index in [2.05, 4.69) is 0 Å². The van der Waals surface area contributed by atoms with E-state index in [0.717, 1.165) is 5.01 Å². The molecule has 5 nitrogen and oxygen atoms in total. The summed E-state index contributed by atoms with van der Waals surface area (Å²) in [4.78, 5) is 10.3. The maximum atomic E-state index is 10.3. The van der Waals surface area contributed by atoms with E-state index in [1.54, 1.807) is 24.3 Å². The molecular weight excluding hydrogens is 158 g/mol. The molecule has 0 spiro atoms. The monoisotopic (exact) mass is 167 g/mol. The number of benzene rings is 1. The molecule has 0 saturated carbocycles. The summed E-state index contributed by atoms with van der Waals surface area (Å²) in [7, 11) is 1.35. The summed E-state index contributed by atoms with van der Waals surface area (Å²) in [6.45, 7) is 0. The molecule has 1 rings (SSSR count). The van der Waals surface area contributed by atoms with Crippen LogP contribution in [0.2, 0.25) is 0 Å². The molecule has 2 N–H and O–H groups in total. The van der Waals surface area contributed by atoms with Gasteiger partial charge in [0.15, 0.2) is 5.03 Å². The molecule has 64 valence electrons. The highest BCUT2D eigenvalue weighted by molar-refractivity contribution is 5.65. The molecule has 0 heterocycles. The Morgan fingerprint density at radius 3 is 2.58 bits per heavy atom. The van der Waals surface area contributed by atoms with E-state index in [-0.39, 0.29) is 0 Å². The van der Waals surface area contributed by atoms with Gasteiger partial charge < -0.3 is 5.73 Å². The third-order valence-corrected chi connectivity index (χ3v) is 1.53. The maximum absolute atomic E-state index is 10.3. The average molecular weight is 167 g/mol. The zero-order chi connectivity index (χ0) is 9.14. The van der Waals surface area contributed by atoms with Crippen LogP contribution in [0, 0.1) is 10.1 Å². The zero-order valence-corrected chi connectivity index (χ0v) is 6.60. The largest absolute Gasteiger partial charge is 0.397 e. The molecule has 0 aliphatic carbocycles. The first-order valence-corrected chi connectivity index (χ1v) is 3.35. The summed E-state index contributed by atoms with van der Waals surface area (Å²) in [5, 5.41) is 10.7. The fourth-order valence-electron chi connectivity index (χ4n) is 0.870. The molecule has 0 saturated heterocycles. The highest BCUT2D eigenvalue weighted by Crippen LogP contribution is 2.20. The van der Waals surface area contributed by atoms with Crippen LogP contribution in [0.3, 0.4) is 0 Å². The summed E-state index contributed by atoms with van der Waals surface area (Å²) < 4.78 is 0. The summed E-state index contributed by atoms with van der Waals surface area (Å²) in [5.41, 5.74) is 6.32. The third-order valence-electron chi connectivity index (χ3n) is 1.53.